The number of halogens is 19. The van der Waals surface area contributed by atoms with Crippen LogP contribution < -0.4 is 20.0 Å². The SMILES string of the molecule is [Al+3].[F-].[O-]C(c1ccccc1)(C(F)(F)F)C(F)(F)F.[O-]C(c1ccccc1)(C(F)(F)F)C(F)(F)F.[O-]C(c1ccccc1)(C(F)(F)F)C(F)(F)F. The summed E-state index contributed by atoms with van der Waals surface area (Å²) in [5.41, 5.74) is -19.3. The molecule has 0 aliphatic heterocycles. The van der Waals surface area contributed by atoms with Crippen molar-refractivity contribution < 1.29 is 99.1 Å². The summed E-state index contributed by atoms with van der Waals surface area (Å²) in [6, 6.07) is 12.4. The summed E-state index contributed by atoms with van der Waals surface area (Å²) in [6.45, 7) is 0. The molecule has 0 atom stereocenters. The Labute approximate surface area is 278 Å². The minimum Gasteiger partial charge on any atom is -1.00 e. The third-order valence-electron chi connectivity index (χ3n) is 5.94. The van der Waals surface area contributed by atoms with Crippen LogP contribution in [0, 0.1) is 0 Å². The van der Waals surface area contributed by atoms with E-state index in [1.807, 2.05) is 0 Å². The Morgan fingerprint density at radius 1 is 0.280 bits per heavy atom. The van der Waals surface area contributed by atoms with E-state index in [-0.39, 0.29) is 22.1 Å². The van der Waals surface area contributed by atoms with Gasteiger partial charge in [0.1, 0.15) is 16.8 Å². The van der Waals surface area contributed by atoms with Crippen LogP contribution in [0.2, 0.25) is 0 Å². The Kier molecular flexibility index (Phi) is 16.0. The molecule has 0 spiro atoms. The van der Waals surface area contributed by atoms with Crippen molar-refractivity contribution in [3.63, 3.8) is 0 Å². The van der Waals surface area contributed by atoms with Gasteiger partial charge in [-0.15, -0.1) is 0 Å². The van der Waals surface area contributed by atoms with E-state index in [4.69, 9.17) is 0 Å². The van der Waals surface area contributed by atoms with Crippen molar-refractivity contribution in [3.05, 3.63) is 108 Å². The van der Waals surface area contributed by atoms with Gasteiger partial charge in [-0.05, 0) is 16.7 Å². The van der Waals surface area contributed by atoms with Crippen LogP contribution in [-0.2, 0) is 16.8 Å². The number of hydrogen-bond acceptors (Lipinski definition) is 3. The zero-order valence-electron chi connectivity index (χ0n) is 23.6. The molecule has 0 saturated heterocycles. The van der Waals surface area contributed by atoms with Gasteiger partial charge in [0.05, 0.1) is 0 Å². The first kappa shape index (κ1) is 48.9. The first-order valence-corrected chi connectivity index (χ1v) is 12.0. The first-order valence-electron chi connectivity index (χ1n) is 12.0. The molecule has 3 aromatic carbocycles. The summed E-state index contributed by atoms with van der Waals surface area (Å²) in [5.74, 6) is 0. The number of benzene rings is 3. The topological polar surface area (TPSA) is 69.2 Å². The largest absolute Gasteiger partial charge is 3.00 e. The molecule has 3 rings (SSSR count). The fraction of sp³-hybridized carbons (Fsp3) is 0.333. The average Bonchev–Trinajstić information content (AvgIpc) is 2.94. The molecule has 0 saturated carbocycles. The quantitative estimate of drug-likeness (QED) is 0.301. The van der Waals surface area contributed by atoms with Gasteiger partial charge < -0.3 is 20.0 Å². The summed E-state index contributed by atoms with van der Waals surface area (Å²) >= 11 is 0. The predicted molar refractivity (Wildman–Crippen MR) is 126 cm³/mol. The molecule has 0 N–H and O–H groups in total. The summed E-state index contributed by atoms with van der Waals surface area (Å²) in [5, 5.41) is 33.3. The second kappa shape index (κ2) is 16.4. The number of alkyl halides is 18. The molecule has 3 aromatic rings. The molecule has 0 unspecified atom stereocenters. The monoisotopic (exact) mass is 775 g/mol. The van der Waals surface area contributed by atoms with Gasteiger partial charge in [0, 0.05) is 0 Å². The van der Waals surface area contributed by atoms with Gasteiger partial charge in [-0.1, -0.05) is 91.0 Å². The number of rotatable bonds is 3. The van der Waals surface area contributed by atoms with Crippen molar-refractivity contribution in [1.82, 2.24) is 0 Å². The number of hydrogen-bond donors (Lipinski definition) is 0. The summed E-state index contributed by atoms with van der Waals surface area (Å²) in [4.78, 5) is 0. The minimum atomic E-state index is -5.94. The van der Waals surface area contributed by atoms with Gasteiger partial charge in [0.25, 0.3) is 0 Å². The van der Waals surface area contributed by atoms with Crippen molar-refractivity contribution in [2.75, 3.05) is 0 Å². The third-order valence-corrected chi connectivity index (χ3v) is 5.94. The maximum atomic E-state index is 12.3. The van der Waals surface area contributed by atoms with Crippen LogP contribution in [0.5, 0.6) is 0 Å². The smallest absolute Gasteiger partial charge is 1.00 e. The molecule has 278 valence electrons. The minimum absolute atomic E-state index is 0. The fourth-order valence-electron chi connectivity index (χ4n) is 3.48. The van der Waals surface area contributed by atoms with Gasteiger partial charge in [-0.2, -0.15) is 79.0 Å². The molecule has 0 heterocycles. The molecule has 0 amide bonds. The van der Waals surface area contributed by atoms with Gasteiger partial charge in [-0.3, -0.25) is 0 Å². The normalized spacial score (nSPS) is 13.4. The van der Waals surface area contributed by atoms with Gasteiger partial charge in [-0.25, -0.2) is 0 Å². The van der Waals surface area contributed by atoms with Gasteiger partial charge in [0.2, 0.25) is 0 Å². The molecule has 0 aliphatic rings. The van der Waals surface area contributed by atoms with E-state index in [0.717, 1.165) is 36.4 Å². The Bertz CT molecular complexity index is 1200. The van der Waals surface area contributed by atoms with Crippen molar-refractivity contribution >= 4 is 17.4 Å². The Morgan fingerprint density at radius 3 is 0.500 bits per heavy atom. The molecule has 0 fully saturated rings. The van der Waals surface area contributed by atoms with Crippen molar-refractivity contribution in [3.8, 4) is 0 Å². The Morgan fingerprint density at radius 2 is 0.400 bits per heavy atom. The van der Waals surface area contributed by atoms with Crippen molar-refractivity contribution in [2.45, 2.75) is 53.9 Å². The van der Waals surface area contributed by atoms with Crippen molar-refractivity contribution in [1.29, 1.82) is 0 Å². The predicted octanol–water partition coefficient (Wildman–Crippen LogP) is 3.72. The molecule has 0 aliphatic carbocycles. The Hall–Kier alpha value is -3.26. The maximum absolute atomic E-state index is 12.3. The van der Waals surface area contributed by atoms with E-state index in [1.54, 1.807) is 0 Å². The van der Waals surface area contributed by atoms with Crippen LogP contribution >= 0.6 is 0 Å². The summed E-state index contributed by atoms with van der Waals surface area (Å²) < 4.78 is 221. The van der Waals surface area contributed by atoms with Crippen LogP contribution in [0.15, 0.2) is 91.0 Å². The van der Waals surface area contributed by atoms with E-state index in [9.17, 15) is 94.3 Å². The van der Waals surface area contributed by atoms with Crippen LogP contribution in [0.3, 0.4) is 0 Å². The Balaban J connectivity index is 0. The first-order chi connectivity index (χ1) is 21.3. The van der Waals surface area contributed by atoms with Crippen LogP contribution in [0.1, 0.15) is 16.7 Å². The molecule has 0 aromatic heterocycles. The summed E-state index contributed by atoms with van der Waals surface area (Å²) in [6.07, 6.45) is -35.6. The van der Waals surface area contributed by atoms with E-state index in [1.165, 1.54) is 18.2 Å². The van der Waals surface area contributed by atoms with E-state index < -0.39 is 70.6 Å². The van der Waals surface area contributed by atoms with Crippen LogP contribution in [0.25, 0.3) is 0 Å². The van der Waals surface area contributed by atoms with Crippen molar-refractivity contribution in [2.24, 2.45) is 0 Å². The van der Waals surface area contributed by atoms with Crippen LogP contribution in [-0.4, -0.2) is 54.4 Å². The molecule has 0 radical (unpaired) electrons. The molecular weight excluding hydrogens is 760 g/mol. The fourth-order valence-corrected chi connectivity index (χ4v) is 3.48. The molecular formula is C27H15AlF19O3-. The van der Waals surface area contributed by atoms with Crippen LogP contribution in [0.4, 0.5) is 79.0 Å². The average molecular weight is 775 g/mol. The zero-order valence-corrected chi connectivity index (χ0v) is 24.8. The molecule has 3 nitrogen and oxygen atoms in total. The molecule has 0 bridgehead atoms. The maximum Gasteiger partial charge on any atom is 3.00 e. The second-order valence-corrected chi connectivity index (χ2v) is 9.13. The second-order valence-electron chi connectivity index (χ2n) is 9.13. The third kappa shape index (κ3) is 9.95. The van der Waals surface area contributed by atoms with E-state index in [0.29, 0.717) is 36.4 Å². The van der Waals surface area contributed by atoms with E-state index in [2.05, 4.69) is 0 Å². The van der Waals surface area contributed by atoms with Gasteiger partial charge >= 0.3 is 54.4 Å². The van der Waals surface area contributed by atoms with Gasteiger partial charge in [0.15, 0.2) is 0 Å². The molecule has 50 heavy (non-hydrogen) atoms. The molecule has 23 heteroatoms. The standard InChI is InChI=1S/3C9H5F6O.Al.FH/c3*10-8(11,12)7(16,9(13,14)15)6-4-2-1-3-5-6;;/h3*1-5H;;1H/q3*-1;+3;/p-1. The van der Waals surface area contributed by atoms with E-state index >= 15 is 0 Å². The zero-order chi connectivity index (χ0) is 37.8. The summed E-state index contributed by atoms with van der Waals surface area (Å²) in [7, 11) is 0.